The van der Waals surface area contributed by atoms with Gasteiger partial charge in [-0.1, -0.05) is 6.42 Å². The van der Waals surface area contributed by atoms with E-state index in [0.717, 1.165) is 25.9 Å². The Kier molecular flexibility index (Phi) is 3.64. The first-order chi connectivity index (χ1) is 7.18. The van der Waals surface area contributed by atoms with Crippen molar-refractivity contribution in [3.05, 3.63) is 0 Å². The van der Waals surface area contributed by atoms with E-state index in [1.807, 2.05) is 0 Å². The van der Waals surface area contributed by atoms with Crippen molar-refractivity contribution in [3.8, 4) is 0 Å². The van der Waals surface area contributed by atoms with E-state index in [0.29, 0.717) is 12.5 Å². The number of piperidine rings is 1. The van der Waals surface area contributed by atoms with E-state index >= 15 is 0 Å². The van der Waals surface area contributed by atoms with Gasteiger partial charge in [0, 0.05) is 6.54 Å². The highest BCUT2D eigenvalue weighted by molar-refractivity contribution is 7.90. The van der Waals surface area contributed by atoms with Crippen molar-refractivity contribution < 1.29 is 8.42 Å². The zero-order valence-electron chi connectivity index (χ0n) is 9.04. The summed E-state index contributed by atoms with van der Waals surface area (Å²) in [5, 5.41) is 3.01. The highest BCUT2D eigenvalue weighted by Gasteiger charge is 2.28. The Balaban J connectivity index is 1.81. The lowest BCUT2D eigenvalue weighted by Crippen LogP contribution is -2.43. The van der Waals surface area contributed by atoms with Crippen LogP contribution in [0.25, 0.3) is 0 Å². The van der Waals surface area contributed by atoms with Crippen molar-refractivity contribution in [1.29, 1.82) is 0 Å². The molecule has 0 aromatic rings. The van der Waals surface area contributed by atoms with E-state index in [9.17, 15) is 8.42 Å². The van der Waals surface area contributed by atoms with Crippen molar-refractivity contribution in [3.63, 3.8) is 0 Å². The summed E-state index contributed by atoms with van der Waals surface area (Å²) >= 11 is 0. The standard InChI is InChI=1S/C10H20N2O2S/c13-15(14,10-4-6-11-7-5-10)12-8-9-2-1-3-9/h9-12H,1-8H2. The second-order valence-corrected chi connectivity index (χ2v) is 6.69. The normalized spacial score (nSPS) is 25.1. The second-order valence-electron chi connectivity index (χ2n) is 4.64. The largest absolute Gasteiger partial charge is 0.317 e. The molecule has 1 aliphatic carbocycles. The van der Waals surface area contributed by atoms with Gasteiger partial charge in [0.25, 0.3) is 0 Å². The summed E-state index contributed by atoms with van der Waals surface area (Å²) in [6.07, 6.45) is 5.14. The zero-order valence-corrected chi connectivity index (χ0v) is 9.85. The van der Waals surface area contributed by atoms with Crippen LogP contribution in [-0.4, -0.2) is 33.3 Å². The van der Waals surface area contributed by atoms with Crippen LogP contribution in [-0.2, 0) is 10.0 Å². The van der Waals surface area contributed by atoms with E-state index in [1.54, 1.807) is 0 Å². The van der Waals surface area contributed by atoms with Gasteiger partial charge in [0.1, 0.15) is 0 Å². The summed E-state index contributed by atoms with van der Waals surface area (Å²) in [6, 6.07) is 0. The molecule has 0 unspecified atom stereocenters. The predicted octanol–water partition coefficient (Wildman–Crippen LogP) is 0.458. The minimum atomic E-state index is -3.04. The van der Waals surface area contributed by atoms with Crippen LogP contribution in [0.1, 0.15) is 32.1 Å². The fourth-order valence-electron chi connectivity index (χ4n) is 2.15. The summed E-state index contributed by atoms with van der Waals surface area (Å²) in [7, 11) is -3.04. The zero-order chi connectivity index (χ0) is 10.7. The lowest BCUT2D eigenvalue weighted by Gasteiger charge is -2.28. The molecule has 1 aliphatic heterocycles. The maximum atomic E-state index is 11.9. The van der Waals surface area contributed by atoms with Gasteiger partial charge in [-0.3, -0.25) is 0 Å². The van der Waals surface area contributed by atoms with Crippen LogP contribution < -0.4 is 10.0 Å². The molecule has 2 aliphatic rings. The molecule has 88 valence electrons. The Morgan fingerprint density at radius 3 is 2.33 bits per heavy atom. The van der Waals surface area contributed by atoms with Crippen molar-refractivity contribution in [2.75, 3.05) is 19.6 Å². The first-order valence-electron chi connectivity index (χ1n) is 5.88. The third-order valence-electron chi connectivity index (χ3n) is 3.52. The molecule has 0 spiro atoms. The molecule has 1 saturated heterocycles. The van der Waals surface area contributed by atoms with Gasteiger partial charge in [-0.25, -0.2) is 13.1 Å². The molecule has 0 atom stereocenters. The van der Waals surface area contributed by atoms with Crippen LogP contribution in [0.5, 0.6) is 0 Å². The maximum Gasteiger partial charge on any atom is 0.214 e. The Morgan fingerprint density at radius 1 is 1.13 bits per heavy atom. The summed E-state index contributed by atoms with van der Waals surface area (Å²) in [6.45, 7) is 2.32. The van der Waals surface area contributed by atoms with Crippen LogP contribution in [0.4, 0.5) is 0 Å². The number of hydrogen-bond donors (Lipinski definition) is 2. The Labute approximate surface area is 91.9 Å². The highest BCUT2D eigenvalue weighted by Crippen LogP contribution is 2.25. The Hall–Kier alpha value is -0.130. The minimum absolute atomic E-state index is 0.168. The van der Waals surface area contributed by atoms with Gasteiger partial charge in [0.2, 0.25) is 10.0 Å². The molecule has 0 aromatic carbocycles. The first kappa shape index (κ1) is 11.4. The van der Waals surface area contributed by atoms with Gasteiger partial charge in [-0.2, -0.15) is 0 Å². The van der Waals surface area contributed by atoms with Crippen molar-refractivity contribution in [2.45, 2.75) is 37.4 Å². The molecule has 2 N–H and O–H groups in total. The van der Waals surface area contributed by atoms with Crippen LogP contribution >= 0.6 is 0 Å². The van der Waals surface area contributed by atoms with Crippen molar-refractivity contribution in [2.24, 2.45) is 5.92 Å². The highest BCUT2D eigenvalue weighted by atomic mass is 32.2. The van der Waals surface area contributed by atoms with Crippen molar-refractivity contribution in [1.82, 2.24) is 10.0 Å². The molecule has 15 heavy (non-hydrogen) atoms. The molecule has 2 fully saturated rings. The predicted molar refractivity (Wildman–Crippen MR) is 60.2 cm³/mol. The third-order valence-corrected chi connectivity index (χ3v) is 5.44. The molecule has 0 bridgehead atoms. The lowest BCUT2D eigenvalue weighted by molar-refractivity contribution is 0.315. The number of nitrogens with one attached hydrogen (secondary N) is 2. The van der Waals surface area contributed by atoms with E-state index < -0.39 is 10.0 Å². The molecular formula is C10H20N2O2S. The maximum absolute atomic E-state index is 11.9. The molecule has 0 radical (unpaired) electrons. The Morgan fingerprint density at radius 2 is 1.80 bits per heavy atom. The van der Waals surface area contributed by atoms with Gasteiger partial charge in [0.15, 0.2) is 0 Å². The molecule has 1 heterocycles. The van der Waals surface area contributed by atoms with E-state index in [1.165, 1.54) is 19.3 Å². The quantitative estimate of drug-likeness (QED) is 0.740. The first-order valence-corrected chi connectivity index (χ1v) is 7.42. The van der Waals surface area contributed by atoms with Gasteiger partial charge >= 0.3 is 0 Å². The number of rotatable bonds is 4. The molecule has 0 amide bonds. The summed E-state index contributed by atoms with van der Waals surface area (Å²) in [5.41, 5.74) is 0. The smallest absolute Gasteiger partial charge is 0.214 e. The van der Waals surface area contributed by atoms with Gasteiger partial charge < -0.3 is 5.32 Å². The minimum Gasteiger partial charge on any atom is -0.317 e. The number of sulfonamides is 1. The second kappa shape index (κ2) is 4.80. The average molecular weight is 232 g/mol. The fraction of sp³-hybridized carbons (Fsp3) is 1.00. The Bertz CT molecular complexity index is 293. The average Bonchev–Trinajstić information content (AvgIpc) is 2.16. The monoisotopic (exact) mass is 232 g/mol. The summed E-state index contributed by atoms with van der Waals surface area (Å²) < 4.78 is 26.6. The van der Waals surface area contributed by atoms with Crippen LogP contribution in [0.2, 0.25) is 0 Å². The van der Waals surface area contributed by atoms with E-state index in [-0.39, 0.29) is 5.25 Å². The summed E-state index contributed by atoms with van der Waals surface area (Å²) in [5.74, 6) is 0.599. The number of hydrogen-bond acceptors (Lipinski definition) is 3. The van der Waals surface area contributed by atoms with E-state index in [4.69, 9.17) is 0 Å². The van der Waals surface area contributed by atoms with Gasteiger partial charge in [-0.15, -0.1) is 0 Å². The third kappa shape index (κ3) is 2.92. The topological polar surface area (TPSA) is 58.2 Å². The molecule has 2 rings (SSSR count). The molecule has 4 nitrogen and oxygen atoms in total. The molecule has 1 saturated carbocycles. The van der Waals surface area contributed by atoms with Crippen LogP contribution in [0.3, 0.4) is 0 Å². The van der Waals surface area contributed by atoms with Crippen molar-refractivity contribution >= 4 is 10.0 Å². The van der Waals surface area contributed by atoms with E-state index in [2.05, 4.69) is 10.0 Å². The molecule has 5 heteroatoms. The summed E-state index contributed by atoms with van der Waals surface area (Å²) in [4.78, 5) is 0. The lowest BCUT2D eigenvalue weighted by atomic mass is 9.86. The van der Waals surface area contributed by atoms with Crippen LogP contribution in [0.15, 0.2) is 0 Å². The molecular weight excluding hydrogens is 212 g/mol. The SMILES string of the molecule is O=S(=O)(NCC1CCC1)C1CCNCC1. The van der Waals surface area contributed by atoms with Crippen LogP contribution in [0, 0.1) is 5.92 Å². The van der Waals surface area contributed by atoms with Gasteiger partial charge in [0.05, 0.1) is 5.25 Å². The fourth-order valence-corrected chi connectivity index (χ4v) is 3.71. The van der Waals surface area contributed by atoms with Gasteiger partial charge in [-0.05, 0) is 44.7 Å². The molecule has 0 aromatic heterocycles.